The maximum Gasteiger partial charge on any atom is 0.344 e. The molecule has 4 fully saturated rings. The average Bonchev–Trinajstić information content (AvgIpc) is 3.65. The van der Waals surface area contributed by atoms with Crippen LogP contribution in [0.25, 0.3) is 0 Å². The van der Waals surface area contributed by atoms with Crippen molar-refractivity contribution in [1.82, 2.24) is 0 Å². The van der Waals surface area contributed by atoms with Gasteiger partial charge in [0.25, 0.3) is 0 Å². The van der Waals surface area contributed by atoms with Crippen molar-refractivity contribution in [3.8, 4) is 0 Å². The smallest absolute Gasteiger partial charge is 0.344 e. The van der Waals surface area contributed by atoms with Gasteiger partial charge in [0.15, 0.2) is 6.61 Å². The van der Waals surface area contributed by atoms with E-state index in [0.29, 0.717) is 25.7 Å². The fraction of sp³-hybridized carbons (Fsp3) is 0.793. The van der Waals surface area contributed by atoms with E-state index in [9.17, 15) is 28.8 Å². The zero-order chi connectivity index (χ0) is 30.0. The van der Waals surface area contributed by atoms with Gasteiger partial charge in [0, 0.05) is 24.2 Å². The summed E-state index contributed by atoms with van der Waals surface area (Å²) in [6.07, 6.45) is 0.983. The number of rotatable bonds is 10. The highest BCUT2D eigenvalue weighted by Gasteiger charge is 2.69. The Hall–Kier alpha value is -2.98. The van der Waals surface area contributed by atoms with Gasteiger partial charge in [-0.05, 0) is 47.0 Å². The summed E-state index contributed by atoms with van der Waals surface area (Å²) >= 11 is 0. The van der Waals surface area contributed by atoms with Crippen LogP contribution in [0.2, 0.25) is 0 Å². The van der Waals surface area contributed by atoms with Gasteiger partial charge in [0.1, 0.15) is 30.7 Å². The van der Waals surface area contributed by atoms with Crippen LogP contribution in [0.4, 0.5) is 0 Å². The number of carbonyl (C=O) groups is 6. The van der Waals surface area contributed by atoms with Crippen LogP contribution in [0.3, 0.4) is 0 Å². The summed E-state index contributed by atoms with van der Waals surface area (Å²) < 4.78 is 25.8. The zero-order valence-electron chi connectivity index (χ0n) is 24.5. The fourth-order valence-electron chi connectivity index (χ4n) is 5.49. The lowest BCUT2D eigenvalue weighted by Gasteiger charge is -2.30. The van der Waals surface area contributed by atoms with Crippen LogP contribution in [0, 0.1) is 34.5 Å². The summed E-state index contributed by atoms with van der Waals surface area (Å²) in [7, 11) is 0. The minimum atomic E-state index is -0.676. The Labute approximate surface area is 234 Å². The summed E-state index contributed by atoms with van der Waals surface area (Å²) in [5.74, 6) is -3.12. The summed E-state index contributed by atoms with van der Waals surface area (Å²) in [5.41, 5.74) is -1.15. The predicted octanol–water partition coefficient (Wildman–Crippen LogP) is 2.95. The van der Waals surface area contributed by atoms with E-state index < -0.39 is 53.4 Å². The van der Waals surface area contributed by atoms with Crippen molar-refractivity contribution in [2.45, 2.75) is 98.9 Å². The predicted molar refractivity (Wildman–Crippen MR) is 138 cm³/mol. The van der Waals surface area contributed by atoms with Crippen molar-refractivity contribution < 1.29 is 52.5 Å². The molecule has 224 valence electrons. The van der Waals surface area contributed by atoms with E-state index >= 15 is 0 Å². The summed E-state index contributed by atoms with van der Waals surface area (Å²) in [5, 5.41) is 0. The Morgan fingerprint density at radius 2 is 1.52 bits per heavy atom. The first-order valence-electron chi connectivity index (χ1n) is 14.1. The molecular formula is C29H42O11. The molecule has 40 heavy (non-hydrogen) atoms. The monoisotopic (exact) mass is 566 g/mol. The van der Waals surface area contributed by atoms with Gasteiger partial charge in [0.2, 0.25) is 0 Å². The lowest BCUT2D eigenvalue weighted by atomic mass is 9.75. The molecule has 7 unspecified atom stereocenters. The Morgan fingerprint density at radius 3 is 2.08 bits per heavy atom. The van der Waals surface area contributed by atoms with Gasteiger partial charge in [-0.15, -0.1) is 0 Å². The molecule has 2 saturated carbocycles. The average molecular weight is 567 g/mol. The summed E-state index contributed by atoms with van der Waals surface area (Å²) in [6, 6.07) is 0. The van der Waals surface area contributed by atoms with Gasteiger partial charge in [0.05, 0.1) is 23.2 Å². The highest BCUT2D eigenvalue weighted by atomic mass is 16.6. The molecule has 4 aliphatic rings. The van der Waals surface area contributed by atoms with Crippen LogP contribution in [-0.2, 0) is 52.5 Å². The molecule has 0 aromatic carbocycles. The van der Waals surface area contributed by atoms with Gasteiger partial charge in [-0.2, -0.15) is 0 Å². The van der Waals surface area contributed by atoms with Crippen LogP contribution in [0.1, 0.15) is 80.6 Å². The second-order valence-corrected chi connectivity index (χ2v) is 12.3. The molecule has 0 N–H and O–H groups in total. The minimum Gasteiger partial charge on any atom is -0.462 e. The lowest BCUT2D eigenvalue weighted by Crippen LogP contribution is -2.43. The third kappa shape index (κ3) is 6.49. The first-order chi connectivity index (χ1) is 18.7. The number of Topliss-reactive ketones (excluding diaryl/α,β-unsaturated/α-hetero) is 1. The second-order valence-electron chi connectivity index (χ2n) is 12.3. The zero-order valence-corrected chi connectivity index (χ0v) is 24.5. The third-order valence-corrected chi connectivity index (χ3v) is 8.83. The van der Waals surface area contributed by atoms with E-state index in [1.165, 1.54) is 0 Å². The van der Waals surface area contributed by atoms with E-state index in [-0.39, 0.29) is 54.7 Å². The molecule has 2 heterocycles. The Balaban J connectivity index is 0.000000267. The van der Waals surface area contributed by atoms with Crippen molar-refractivity contribution in [2.24, 2.45) is 34.5 Å². The lowest BCUT2D eigenvalue weighted by molar-refractivity contribution is -0.173. The molecule has 2 bridgehead atoms. The van der Waals surface area contributed by atoms with Gasteiger partial charge >= 0.3 is 29.8 Å². The van der Waals surface area contributed by atoms with Crippen molar-refractivity contribution in [2.75, 3.05) is 13.2 Å². The van der Waals surface area contributed by atoms with Crippen LogP contribution in [-0.4, -0.2) is 67.2 Å². The quantitative estimate of drug-likeness (QED) is 0.284. The normalized spacial score (nSPS) is 30.1. The van der Waals surface area contributed by atoms with E-state index in [1.807, 2.05) is 27.7 Å². The molecule has 4 rings (SSSR count). The van der Waals surface area contributed by atoms with E-state index in [4.69, 9.17) is 23.7 Å². The largest absolute Gasteiger partial charge is 0.462 e. The van der Waals surface area contributed by atoms with E-state index in [2.05, 4.69) is 0 Å². The number of ether oxygens (including phenoxy) is 5. The number of hydrogen-bond acceptors (Lipinski definition) is 11. The van der Waals surface area contributed by atoms with Crippen LogP contribution in [0.15, 0.2) is 0 Å². The topological polar surface area (TPSA) is 149 Å². The number of cyclic esters (lactones) is 1. The Morgan fingerprint density at radius 1 is 0.900 bits per heavy atom. The van der Waals surface area contributed by atoms with Crippen molar-refractivity contribution in [1.29, 1.82) is 0 Å². The molecule has 11 nitrogen and oxygen atoms in total. The number of ketones is 1. The molecule has 2 saturated heterocycles. The number of hydrogen-bond donors (Lipinski definition) is 0. The van der Waals surface area contributed by atoms with Gasteiger partial charge in [-0.3, -0.25) is 24.0 Å². The van der Waals surface area contributed by atoms with Gasteiger partial charge in [-0.25, -0.2) is 4.79 Å². The molecule has 0 aromatic rings. The highest BCUT2D eigenvalue weighted by molar-refractivity contribution is 5.90. The minimum absolute atomic E-state index is 0.0111. The number of fused-ring (bicyclic) bond motifs is 1. The van der Waals surface area contributed by atoms with Crippen LogP contribution in [0.5, 0.6) is 0 Å². The molecule has 0 spiro atoms. The molecule has 7 atom stereocenters. The van der Waals surface area contributed by atoms with E-state index in [0.717, 1.165) is 0 Å². The van der Waals surface area contributed by atoms with Crippen molar-refractivity contribution >= 4 is 35.6 Å². The SMILES string of the molecule is CCC(=O)C1C2CC3C(OC(=O)C31)C2OC(=O)COC(=O)C(C)(C)CC.CCC(C)(C)C(=O)OC1COC(=O)C1. The van der Waals surface area contributed by atoms with Gasteiger partial charge < -0.3 is 23.7 Å². The third-order valence-electron chi connectivity index (χ3n) is 8.83. The Kier molecular flexibility index (Phi) is 9.67. The summed E-state index contributed by atoms with van der Waals surface area (Å²) in [4.78, 5) is 70.9. The molecule has 2 aliphatic carbocycles. The van der Waals surface area contributed by atoms with Crippen molar-refractivity contribution in [3.05, 3.63) is 0 Å². The molecule has 11 heteroatoms. The molecular weight excluding hydrogens is 524 g/mol. The summed E-state index contributed by atoms with van der Waals surface area (Å²) in [6.45, 7) is 12.4. The standard InChI is InChI=1S/C19H26O7.C10H16O4/c1-5-11(20)13-9-7-10-14(13)17(22)26-16(10)15(9)25-12(21)8-24-18(23)19(3,4)6-2;1-4-10(2,3)9(12)14-7-5-8(11)13-6-7/h9-10,13-16H,5-8H2,1-4H3;7H,4-6H2,1-3H3. The maximum absolute atomic E-state index is 12.3. The molecule has 0 radical (unpaired) electrons. The van der Waals surface area contributed by atoms with Crippen molar-refractivity contribution in [3.63, 3.8) is 0 Å². The van der Waals surface area contributed by atoms with E-state index in [1.54, 1.807) is 20.8 Å². The first-order valence-corrected chi connectivity index (χ1v) is 14.1. The maximum atomic E-state index is 12.3. The molecule has 0 amide bonds. The molecule has 0 aromatic heterocycles. The second kappa shape index (κ2) is 12.3. The van der Waals surface area contributed by atoms with Gasteiger partial charge in [-0.1, -0.05) is 20.8 Å². The number of carbonyl (C=O) groups excluding carboxylic acids is 6. The van der Waals surface area contributed by atoms with Crippen LogP contribution < -0.4 is 0 Å². The molecule has 2 aliphatic heterocycles. The van der Waals surface area contributed by atoms with Crippen LogP contribution >= 0.6 is 0 Å². The Bertz CT molecular complexity index is 1030. The highest BCUT2D eigenvalue weighted by Crippen LogP contribution is 2.59. The number of esters is 5. The fourth-order valence-corrected chi connectivity index (χ4v) is 5.49. The first kappa shape index (κ1) is 31.5.